The largest absolute Gasteiger partial charge is 0.507 e. The number of ether oxygens (including phenoxy) is 1. The third kappa shape index (κ3) is 4.81. The number of amides is 1. The van der Waals surface area contributed by atoms with Gasteiger partial charge < -0.3 is 9.84 Å². The van der Waals surface area contributed by atoms with Crippen LogP contribution in [0.3, 0.4) is 0 Å². The van der Waals surface area contributed by atoms with Crippen molar-refractivity contribution in [3.63, 3.8) is 0 Å². The summed E-state index contributed by atoms with van der Waals surface area (Å²) in [7, 11) is 0. The van der Waals surface area contributed by atoms with Gasteiger partial charge in [0.25, 0.3) is 11.7 Å². The van der Waals surface area contributed by atoms with E-state index in [2.05, 4.69) is 0 Å². The fourth-order valence-corrected chi connectivity index (χ4v) is 4.89. The Morgan fingerprint density at radius 2 is 1.55 bits per heavy atom. The summed E-state index contributed by atoms with van der Waals surface area (Å²) in [5.74, 6) is -1.04. The molecule has 4 aromatic rings. The van der Waals surface area contributed by atoms with Crippen molar-refractivity contribution >= 4 is 34.7 Å². The normalized spacial score (nSPS) is 16.6. The molecule has 1 unspecified atom stereocenters. The molecule has 190 valence electrons. The number of hydrogen-bond donors (Lipinski definition) is 1. The summed E-state index contributed by atoms with van der Waals surface area (Å²) in [5.41, 5.74) is 4.29. The smallest absolute Gasteiger partial charge is 0.300 e. The predicted octanol–water partition coefficient (Wildman–Crippen LogP) is 7.16. The van der Waals surface area contributed by atoms with Crippen LogP contribution in [-0.2, 0) is 16.2 Å². The molecule has 0 saturated carbocycles. The minimum Gasteiger partial charge on any atom is -0.507 e. The van der Waals surface area contributed by atoms with Gasteiger partial charge in [0.05, 0.1) is 11.6 Å². The van der Waals surface area contributed by atoms with Gasteiger partial charge in [0.1, 0.15) is 18.1 Å². The molecule has 1 saturated heterocycles. The summed E-state index contributed by atoms with van der Waals surface area (Å²) < 4.78 is 5.97. The molecule has 5 nitrogen and oxygen atoms in total. The number of aryl methyl sites for hydroxylation is 2. The van der Waals surface area contributed by atoms with Gasteiger partial charge in [0.15, 0.2) is 0 Å². The summed E-state index contributed by atoms with van der Waals surface area (Å²) in [4.78, 5) is 28.3. The number of nitrogens with zero attached hydrogens (tertiary/aromatic N) is 1. The average Bonchev–Trinajstić information content (AvgIpc) is 3.20. The van der Waals surface area contributed by atoms with E-state index in [9.17, 15) is 14.7 Å². The summed E-state index contributed by atoms with van der Waals surface area (Å²) in [6.07, 6.45) is 0. The number of benzene rings is 4. The molecule has 38 heavy (non-hydrogen) atoms. The van der Waals surface area contributed by atoms with Crippen molar-refractivity contribution in [3.05, 3.63) is 135 Å². The number of carbonyl (C=O) groups is 2. The molecule has 1 aliphatic heterocycles. The standard InChI is InChI=1S/C32H26ClNO4/c1-20-13-15-25(33)18-26(20)34-29(23-11-7-4-8-12-23)28(31(36)32(34)37)30(35)24-14-16-27(21(2)17-24)38-19-22-9-5-3-6-10-22/h3-18,29,35H,19H2,1-2H3/b30-28+. The molecule has 1 heterocycles. The van der Waals surface area contributed by atoms with E-state index < -0.39 is 17.7 Å². The van der Waals surface area contributed by atoms with Gasteiger partial charge in [-0.05, 0) is 66.4 Å². The summed E-state index contributed by atoms with van der Waals surface area (Å²) in [5, 5.41) is 11.9. The van der Waals surface area contributed by atoms with Gasteiger partial charge in [-0.1, -0.05) is 78.3 Å². The molecule has 0 radical (unpaired) electrons. The molecule has 0 spiro atoms. The van der Waals surface area contributed by atoms with Gasteiger partial charge in [-0.3, -0.25) is 14.5 Å². The Morgan fingerprint density at radius 3 is 2.24 bits per heavy atom. The van der Waals surface area contributed by atoms with Crippen LogP contribution in [0.4, 0.5) is 5.69 Å². The quantitative estimate of drug-likeness (QED) is 0.165. The van der Waals surface area contributed by atoms with Crippen LogP contribution in [-0.4, -0.2) is 16.8 Å². The second-order valence-electron chi connectivity index (χ2n) is 9.27. The fraction of sp³-hybridized carbons (Fsp3) is 0.125. The zero-order chi connectivity index (χ0) is 26.8. The lowest BCUT2D eigenvalue weighted by Crippen LogP contribution is -2.30. The van der Waals surface area contributed by atoms with E-state index in [4.69, 9.17) is 16.3 Å². The Balaban J connectivity index is 1.57. The van der Waals surface area contributed by atoms with E-state index in [0.717, 1.165) is 16.7 Å². The number of ketones is 1. The molecule has 1 fully saturated rings. The van der Waals surface area contributed by atoms with Crippen LogP contribution in [0, 0.1) is 13.8 Å². The fourth-order valence-electron chi connectivity index (χ4n) is 4.72. The SMILES string of the molecule is Cc1cc(/C(O)=C2\C(=O)C(=O)N(c3cc(Cl)ccc3C)C2c2ccccc2)ccc1OCc1ccccc1. The zero-order valence-electron chi connectivity index (χ0n) is 21.0. The second kappa shape index (κ2) is 10.6. The molecule has 0 aliphatic carbocycles. The van der Waals surface area contributed by atoms with Crippen LogP contribution in [0.5, 0.6) is 5.75 Å². The molecular weight excluding hydrogens is 498 g/mol. The first-order valence-corrected chi connectivity index (χ1v) is 12.6. The number of halogens is 1. The highest BCUT2D eigenvalue weighted by Gasteiger charge is 2.47. The molecule has 1 atom stereocenters. The second-order valence-corrected chi connectivity index (χ2v) is 9.70. The lowest BCUT2D eigenvalue weighted by Gasteiger charge is -2.27. The van der Waals surface area contributed by atoms with Gasteiger partial charge in [-0.25, -0.2) is 0 Å². The van der Waals surface area contributed by atoms with E-state index in [1.807, 2.05) is 74.5 Å². The Kier molecular flexibility index (Phi) is 7.03. The minimum atomic E-state index is -0.817. The first-order valence-electron chi connectivity index (χ1n) is 12.2. The molecule has 4 aromatic carbocycles. The van der Waals surface area contributed by atoms with Crippen molar-refractivity contribution in [1.29, 1.82) is 0 Å². The van der Waals surface area contributed by atoms with Crippen LogP contribution in [0.1, 0.15) is 33.9 Å². The maximum Gasteiger partial charge on any atom is 0.300 e. The third-order valence-electron chi connectivity index (χ3n) is 6.68. The van der Waals surface area contributed by atoms with Gasteiger partial charge in [0, 0.05) is 16.3 Å². The number of anilines is 1. The number of rotatable bonds is 6. The molecule has 1 aliphatic rings. The van der Waals surface area contributed by atoms with Crippen LogP contribution < -0.4 is 9.64 Å². The number of aliphatic hydroxyl groups excluding tert-OH is 1. The highest BCUT2D eigenvalue weighted by molar-refractivity contribution is 6.52. The lowest BCUT2D eigenvalue weighted by molar-refractivity contribution is -0.132. The summed E-state index contributed by atoms with van der Waals surface area (Å²) >= 11 is 6.27. The molecule has 6 heteroatoms. The van der Waals surface area contributed by atoms with E-state index in [1.54, 1.807) is 36.4 Å². The first kappa shape index (κ1) is 25.3. The average molecular weight is 524 g/mol. The van der Waals surface area contributed by atoms with Crippen molar-refractivity contribution in [3.8, 4) is 5.75 Å². The van der Waals surface area contributed by atoms with Crippen molar-refractivity contribution < 1.29 is 19.4 Å². The zero-order valence-corrected chi connectivity index (χ0v) is 21.8. The Hall–Kier alpha value is -4.35. The Labute approximate surface area is 226 Å². The molecule has 0 bridgehead atoms. The van der Waals surface area contributed by atoms with E-state index in [-0.39, 0.29) is 11.3 Å². The Morgan fingerprint density at radius 1 is 0.868 bits per heavy atom. The monoisotopic (exact) mass is 523 g/mol. The molecule has 1 N–H and O–H groups in total. The van der Waals surface area contributed by atoms with E-state index in [0.29, 0.717) is 34.2 Å². The topological polar surface area (TPSA) is 66.8 Å². The number of hydrogen-bond acceptors (Lipinski definition) is 4. The van der Waals surface area contributed by atoms with Crippen LogP contribution >= 0.6 is 11.6 Å². The number of aliphatic hydroxyl groups is 1. The molecule has 0 aromatic heterocycles. The van der Waals surface area contributed by atoms with Gasteiger partial charge in [-0.2, -0.15) is 0 Å². The molecule has 1 amide bonds. The van der Waals surface area contributed by atoms with Gasteiger partial charge in [-0.15, -0.1) is 0 Å². The predicted molar refractivity (Wildman–Crippen MR) is 149 cm³/mol. The van der Waals surface area contributed by atoms with Crippen LogP contribution in [0.15, 0.2) is 103 Å². The summed E-state index contributed by atoms with van der Waals surface area (Å²) in [6, 6.07) is 28.6. The van der Waals surface area contributed by atoms with Crippen molar-refractivity contribution in [2.75, 3.05) is 4.90 Å². The van der Waals surface area contributed by atoms with Crippen molar-refractivity contribution in [1.82, 2.24) is 0 Å². The van der Waals surface area contributed by atoms with Gasteiger partial charge in [0.2, 0.25) is 0 Å². The number of carbonyl (C=O) groups excluding carboxylic acids is 2. The first-order chi connectivity index (χ1) is 18.3. The van der Waals surface area contributed by atoms with Gasteiger partial charge >= 0.3 is 0 Å². The maximum absolute atomic E-state index is 13.4. The van der Waals surface area contributed by atoms with E-state index in [1.165, 1.54) is 4.90 Å². The third-order valence-corrected chi connectivity index (χ3v) is 6.91. The van der Waals surface area contributed by atoms with Crippen LogP contribution in [0.2, 0.25) is 5.02 Å². The number of Topliss-reactive ketones (excluding diaryl/α,β-unsaturated/α-hetero) is 1. The van der Waals surface area contributed by atoms with E-state index >= 15 is 0 Å². The highest BCUT2D eigenvalue weighted by atomic mass is 35.5. The minimum absolute atomic E-state index is 0.0259. The lowest BCUT2D eigenvalue weighted by atomic mass is 9.94. The molecular formula is C32H26ClNO4. The maximum atomic E-state index is 13.4. The highest BCUT2D eigenvalue weighted by Crippen LogP contribution is 2.43. The van der Waals surface area contributed by atoms with Crippen molar-refractivity contribution in [2.45, 2.75) is 26.5 Å². The molecule has 5 rings (SSSR count). The summed E-state index contributed by atoms with van der Waals surface area (Å²) in [6.45, 7) is 4.13. The van der Waals surface area contributed by atoms with Crippen LogP contribution in [0.25, 0.3) is 5.76 Å². The van der Waals surface area contributed by atoms with Crippen molar-refractivity contribution in [2.24, 2.45) is 0 Å². The Bertz CT molecular complexity index is 1550.